The van der Waals surface area contributed by atoms with Gasteiger partial charge in [0, 0.05) is 24.6 Å². The predicted molar refractivity (Wildman–Crippen MR) is 140 cm³/mol. The van der Waals surface area contributed by atoms with Crippen molar-refractivity contribution in [1.82, 2.24) is 9.55 Å². The minimum Gasteiger partial charge on any atom is -0.497 e. The number of aromatic nitrogens is 2. The van der Waals surface area contributed by atoms with Crippen LogP contribution < -0.4 is 14.4 Å². The van der Waals surface area contributed by atoms with E-state index in [2.05, 4.69) is 0 Å². The van der Waals surface area contributed by atoms with Gasteiger partial charge in [0.25, 0.3) is 0 Å². The van der Waals surface area contributed by atoms with Gasteiger partial charge in [-0.3, -0.25) is 4.79 Å². The highest BCUT2D eigenvalue weighted by Gasteiger charge is 2.35. The average Bonchev–Trinajstić information content (AvgIpc) is 3.44. The zero-order chi connectivity index (χ0) is 25.2. The second-order valence-corrected chi connectivity index (χ2v) is 9.36. The fourth-order valence-corrected chi connectivity index (χ4v) is 4.96. The molecule has 0 saturated carbocycles. The van der Waals surface area contributed by atoms with Crippen molar-refractivity contribution in [3.05, 3.63) is 83.7 Å². The Balaban J connectivity index is 1.38. The maximum Gasteiger partial charge on any atom is 0.227 e. The Morgan fingerprint density at radius 2 is 1.75 bits per heavy atom. The first-order chi connectivity index (χ1) is 17.4. The van der Waals surface area contributed by atoms with Gasteiger partial charge in [0.05, 0.1) is 24.7 Å². The zero-order valence-electron chi connectivity index (χ0n) is 20.8. The number of para-hydroxylation sites is 3. The minimum absolute atomic E-state index is 0.0580. The Morgan fingerprint density at radius 1 is 1.03 bits per heavy atom. The topological polar surface area (TPSA) is 76.8 Å². The van der Waals surface area contributed by atoms with Crippen LogP contribution in [0, 0.1) is 13.8 Å². The van der Waals surface area contributed by atoms with Crippen molar-refractivity contribution in [2.45, 2.75) is 38.8 Å². The first kappa shape index (κ1) is 23.9. The van der Waals surface area contributed by atoms with Gasteiger partial charge in [-0.15, -0.1) is 0 Å². The summed E-state index contributed by atoms with van der Waals surface area (Å²) in [5.41, 5.74) is 4.71. The van der Waals surface area contributed by atoms with E-state index in [1.54, 1.807) is 12.0 Å². The molecule has 1 amide bonds. The lowest BCUT2D eigenvalue weighted by Gasteiger charge is -2.20. The third-order valence-electron chi connectivity index (χ3n) is 6.78. The van der Waals surface area contributed by atoms with Gasteiger partial charge in [-0.2, -0.15) is 0 Å². The number of rotatable bonds is 8. The Bertz CT molecular complexity index is 1360. The second kappa shape index (κ2) is 10.0. The molecule has 3 aromatic carbocycles. The molecule has 0 aliphatic carbocycles. The Hall–Kier alpha value is -3.84. The van der Waals surface area contributed by atoms with Crippen LogP contribution in [0.5, 0.6) is 11.5 Å². The van der Waals surface area contributed by atoms with Gasteiger partial charge < -0.3 is 24.0 Å². The number of nitrogens with zero attached hydrogens (tertiary/aromatic N) is 3. The maximum atomic E-state index is 13.0. The molecule has 1 saturated heterocycles. The number of aliphatic hydroxyl groups is 1. The molecule has 4 aromatic rings. The molecule has 0 bridgehead atoms. The van der Waals surface area contributed by atoms with Crippen LogP contribution in [0.3, 0.4) is 0 Å². The highest BCUT2D eigenvalue weighted by atomic mass is 16.5. The average molecular weight is 486 g/mol. The van der Waals surface area contributed by atoms with Gasteiger partial charge in [-0.1, -0.05) is 30.3 Å². The number of anilines is 1. The van der Waals surface area contributed by atoms with Gasteiger partial charge in [-0.25, -0.2) is 4.98 Å². The number of ether oxygens (including phenoxy) is 2. The molecule has 7 nitrogen and oxygen atoms in total. The molecule has 2 heterocycles. The van der Waals surface area contributed by atoms with Gasteiger partial charge in [0.15, 0.2) is 0 Å². The summed E-state index contributed by atoms with van der Waals surface area (Å²) in [4.78, 5) is 19.7. The van der Waals surface area contributed by atoms with E-state index in [1.165, 1.54) is 0 Å². The number of aryl methyl sites for hydroxylation is 2. The standard InChI is InChI=1S/C29H31N3O4/c1-19-7-6-8-20(2)28(19)36-18-23(33)17-32-26-10-5-4-9-25(26)30-29(32)21-15-27(34)31(16-21)22-11-13-24(35-3)14-12-22/h4-14,21,23,33H,15-18H2,1-3H3/t21-,23-/m0/s1. The highest BCUT2D eigenvalue weighted by molar-refractivity contribution is 5.96. The number of benzene rings is 3. The van der Waals surface area contributed by atoms with E-state index in [0.717, 1.165) is 45.2 Å². The predicted octanol–water partition coefficient (Wildman–Crippen LogP) is 4.62. The van der Waals surface area contributed by atoms with Crippen LogP contribution in [0.4, 0.5) is 5.69 Å². The molecule has 0 spiro atoms. The van der Waals surface area contributed by atoms with E-state index in [9.17, 15) is 9.90 Å². The third kappa shape index (κ3) is 4.66. The molecular formula is C29H31N3O4. The monoisotopic (exact) mass is 485 g/mol. The van der Waals surface area contributed by atoms with Crippen molar-refractivity contribution < 1.29 is 19.4 Å². The molecule has 5 rings (SSSR count). The van der Waals surface area contributed by atoms with Crippen LogP contribution in [0.15, 0.2) is 66.7 Å². The first-order valence-electron chi connectivity index (χ1n) is 12.2. The summed E-state index contributed by atoms with van der Waals surface area (Å²) in [5, 5.41) is 11.0. The molecule has 1 N–H and O–H groups in total. The number of carbonyl (C=O) groups excluding carboxylic acids is 1. The summed E-state index contributed by atoms with van der Waals surface area (Å²) >= 11 is 0. The van der Waals surface area contributed by atoms with Crippen LogP contribution >= 0.6 is 0 Å². The fraction of sp³-hybridized carbons (Fsp3) is 0.310. The SMILES string of the molecule is COc1ccc(N2C[C@@H](c3nc4ccccc4n3C[C@H](O)COc3c(C)cccc3C)CC2=O)cc1. The molecular weight excluding hydrogens is 454 g/mol. The van der Waals surface area contributed by atoms with Gasteiger partial charge in [-0.05, 0) is 61.4 Å². The molecule has 1 aliphatic rings. The summed E-state index contributed by atoms with van der Waals surface area (Å²) < 4.78 is 13.3. The zero-order valence-corrected chi connectivity index (χ0v) is 20.8. The Labute approximate surface area is 210 Å². The van der Waals surface area contributed by atoms with Gasteiger partial charge in [0.2, 0.25) is 5.91 Å². The largest absolute Gasteiger partial charge is 0.497 e. The Morgan fingerprint density at radius 3 is 2.47 bits per heavy atom. The molecule has 1 aliphatic heterocycles. The number of hydrogen-bond acceptors (Lipinski definition) is 5. The summed E-state index contributed by atoms with van der Waals surface area (Å²) in [6, 6.07) is 21.4. The van der Waals surface area contributed by atoms with Crippen LogP contribution in [-0.4, -0.2) is 46.9 Å². The van der Waals surface area contributed by atoms with Crippen molar-refractivity contribution in [2.75, 3.05) is 25.2 Å². The summed E-state index contributed by atoms with van der Waals surface area (Å²) in [6.07, 6.45) is -0.375. The van der Waals surface area contributed by atoms with Gasteiger partial charge in [0.1, 0.15) is 30.0 Å². The second-order valence-electron chi connectivity index (χ2n) is 9.36. The number of fused-ring (bicyclic) bond motifs is 1. The Kier molecular flexibility index (Phi) is 6.65. The first-order valence-corrected chi connectivity index (χ1v) is 12.2. The quantitative estimate of drug-likeness (QED) is 0.394. The van der Waals surface area contributed by atoms with Crippen molar-refractivity contribution in [3.8, 4) is 11.5 Å². The van der Waals surface area contributed by atoms with E-state index in [-0.39, 0.29) is 18.4 Å². The molecule has 1 aromatic heterocycles. The van der Waals surface area contributed by atoms with E-state index in [4.69, 9.17) is 14.5 Å². The van der Waals surface area contributed by atoms with E-state index in [0.29, 0.717) is 19.5 Å². The summed E-state index contributed by atoms with van der Waals surface area (Å²) in [7, 11) is 1.62. The summed E-state index contributed by atoms with van der Waals surface area (Å²) in [5.74, 6) is 2.35. The van der Waals surface area contributed by atoms with Crippen molar-refractivity contribution in [3.63, 3.8) is 0 Å². The summed E-state index contributed by atoms with van der Waals surface area (Å²) in [6.45, 7) is 5.03. The lowest BCUT2D eigenvalue weighted by molar-refractivity contribution is -0.117. The van der Waals surface area contributed by atoms with Crippen LogP contribution in [0.1, 0.15) is 29.3 Å². The van der Waals surface area contributed by atoms with E-state index < -0.39 is 6.10 Å². The molecule has 2 atom stereocenters. The highest BCUT2D eigenvalue weighted by Crippen LogP contribution is 2.34. The number of imidazole rings is 1. The van der Waals surface area contributed by atoms with Crippen LogP contribution in [0.2, 0.25) is 0 Å². The van der Waals surface area contributed by atoms with Crippen molar-refractivity contribution in [2.24, 2.45) is 0 Å². The smallest absolute Gasteiger partial charge is 0.227 e. The van der Waals surface area contributed by atoms with Gasteiger partial charge >= 0.3 is 0 Å². The normalized spacial score (nSPS) is 16.5. The van der Waals surface area contributed by atoms with Crippen molar-refractivity contribution >= 4 is 22.6 Å². The fourth-order valence-electron chi connectivity index (χ4n) is 4.96. The lowest BCUT2D eigenvalue weighted by Crippen LogP contribution is -2.26. The molecule has 0 radical (unpaired) electrons. The number of aliphatic hydroxyl groups excluding tert-OH is 1. The number of amides is 1. The molecule has 1 fully saturated rings. The van der Waals surface area contributed by atoms with E-state index in [1.807, 2.05) is 85.1 Å². The lowest BCUT2D eigenvalue weighted by atomic mass is 10.1. The third-order valence-corrected chi connectivity index (χ3v) is 6.78. The molecule has 7 heteroatoms. The maximum absolute atomic E-state index is 13.0. The molecule has 186 valence electrons. The number of methoxy groups -OCH3 is 1. The minimum atomic E-state index is -0.741. The van der Waals surface area contributed by atoms with Crippen LogP contribution in [-0.2, 0) is 11.3 Å². The number of carbonyl (C=O) groups is 1. The van der Waals surface area contributed by atoms with Crippen LogP contribution in [0.25, 0.3) is 11.0 Å². The number of hydrogen-bond donors (Lipinski definition) is 1. The molecule has 0 unspecified atom stereocenters. The van der Waals surface area contributed by atoms with E-state index >= 15 is 0 Å². The van der Waals surface area contributed by atoms with Crippen molar-refractivity contribution in [1.29, 1.82) is 0 Å². The molecule has 36 heavy (non-hydrogen) atoms.